The van der Waals surface area contributed by atoms with E-state index >= 15 is 0 Å². The van der Waals surface area contributed by atoms with Crippen molar-refractivity contribution >= 4 is 27.8 Å². The van der Waals surface area contributed by atoms with Crippen LogP contribution in [0, 0.1) is 13.8 Å². The zero-order valence-corrected chi connectivity index (χ0v) is 12.2. The molecule has 0 aliphatic rings. The largest absolute Gasteiger partial charge is 0.354 e. The molecular weight excluding hydrogens is 250 g/mol. The second-order valence-electron chi connectivity index (χ2n) is 4.09. The molecule has 0 bridgehead atoms. The van der Waals surface area contributed by atoms with Crippen LogP contribution in [0.3, 0.4) is 0 Å². The summed E-state index contributed by atoms with van der Waals surface area (Å²) in [5.41, 5.74) is 1.36. The predicted molar refractivity (Wildman–Crippen MR) is 75.1 cm³/mol. The first-order chi connectivity index (χ1) is 8.10. The molecule has 0 saturated carbocycles. The Morgan fingerprint density at radius 2 is 2.06 bits per heavy atom. The lowest BCUT2D eigenvalue weighted by Crippen LogP contribution is -2.06. The first kappa shape index (κ1) is 12.5. The first-order valence-corrected chi connectivity index (χ1v) is 7.39. The number of aromatic nitrogens is 2. The van der Waals surface area contributed by atoms with Gasteiger partial charge in [-0.15, -0.1) is 21.5 Å². The third-order valence-corrected chi connectivity index (χ3v) is 4.64. The van der Waals surface area contributed by atoms with Crippen molar-refractivity contribution in [3.63, 3.8) is 0 Å². The number of nitrogens with zero attached hydrogens (tertiary/aromatic N) is 2. The van der Waals surface area contributed by atoms with Crippen molar-refractivity contribution in [2.75, 3.05) is 5.32 Å². The van der Waals surface area contributed by atoms with Crippen molar-refractivity contribution in [3.8, 4) is 0 Å². The Morgan fingerprint density at radius 1 is 1.29 bits per heavy atom. The quantitative estimate of drug-likeness (QED) is 0.911. The lowest BCUT2D eigenvalue weighted by molar-refractivity contribution is 0.867. The maximum atomic E-state index is 4.15. The monoisotopic (exact) mass is 267 g/mol. The summed E-state index contributed by atoms with van der Waals surface area (Å²) in [4.78, 5) is 2.74. The van der Waals surface area contributed by atoms with Crippen molar-refractivity contribution in [1.82, 2.24) is 10.2 Å². The van der Waals surface area contributed by atoms with Crippen LogP contribution in [0.25, 0.3) is 0 Å². The molecule has 1 unspecified atom stereocenters. The fourth-order valence-corrected chi connectivity index (χ4v) is 3.59. The number of hydrogen-bond donors (Lipinski definition) is 1. The molecule has 0 saturated heterocycles. The van der Waals surface area contributed by atoms with Gasteiger partial charge >= 0.3 is 0 Å². The molecule has 2 aromatic heterocycles. The summed E-state index contributed by atoms with van der Waals surface area (Å²) in [6.07, 6.45) is 0.949. The summed E-state index contributed by atoms with van der Waals surface area (Å²) >= 11 is 3.48. The first-order valence-electron chi connectivity index (χ1n) is 5.76. The van der Waals surface area contributed by atoms with E-state index < -0.39 is 0 Å². The van der Waals surface area contributed by atoms with Crippen LogP contribution >= 0.6 is 22.7 Å². The highest BCUT2D eigenvalue weighted by molar-refractivity contribution is 7.15. The maximum Gasteiger partial charge on any atom is 0.206 e. The predicted octanol–water partition coefficient (Wildman–Crippen LogP) is 3.95. The normalized spacial score (nSPS) is 12.7. The van der Waals surface area contributed by atoms with Crippen LogP contribution in [0.2, 0.25) is 0 Å². The topological polar surface area (TPSA) is 37.8 Å². The summed E-state index contributed by atoms with van der Waals surface area (Å²) in [5.74, 6) is 0. The van der Waals surface area contributed by atoms with Gasteiger partial charge in [-0.1, -0.05) is 18.3 Å². The van der Waals surface area contributed by atoms with E-state index in [-0.39, 0.29) is 6.04 Å². The van der Waals surface area contributed by atoms with Crippen molar-refractivity contribution in [2.45, 2.75) is 40.2 Å². The van der Waals surface area contributed by atoms with E-state index in [1.54, 1.807) is 11.3 Å². The van der Waals surface area contributed by atoms with Crippen LogP contribution in [0.1, 0.15) is 40.2 Å². The molecular formula is C12H17N3S2. The highest BCUT2D eigenvalue weighted by Crippen LogP contribution is 2.29. The summed E-state index contributed by atoms with van der Waals surface area (Å²) in [5, 5.41) is 13.7. The molecule has 2 heterocycles. The summed E-state index contributed by atoms with van der Waals surface area (Å²) in [6.45, 7) is 8.58. The van der Waals surface area contributed by atoms with Gasteiger partial charge in [-0.25, -0.2) is 0 Å². The van der Waals surface area contributed by atoms with Crippen molar-refractivity contribution < 1.29 is 0 Å². The lowest BCUT2D eigenvalue weighted by Gasteiger charge is -2.11. The van der Waals surface area contributed by atoms with E-state index in [2.05, 4.69) is 49.3 Å². The van der Waals surface area contributed by atoms with Gasteiger partial charge in [-0.3, -0.25) is 0 Å². The lowest BCUT2D eigenvalue weighted by atomic mass is 10.1. The van der Waals surface area contributed by atoms with Crippen LogP contribution in [0.5, 0.6) is 0 Å². The minimum atomic E-state index is 0.289. The Labute approximate surface area is 110 Å². The molecule has 0 aliphatic heterocycles. The van der Waals surface area contributed by atoms with Crippen molar-refractivity contribution in [3.05, 3.63) is 26.4 Å². The Bertz CT molecular complexity index is 502. The fraction of sp³-hybridized carbons (Fsp3) is 0.500. The molecule has 1 N–H and O–H groups in total. The molecule has 0 amide bonds. The summed E-state index contributed by atoms with van der Waals surface area (Å²) in [7, 11) is 0. The second kappa shape index (κ2) is 5.14. The van der Waals surface area contributed by atoms with Crippen LogP contribution < -0.4 is 5.32 Å². The number of aryl methyl sites for hydroxylation is 3. The van der Waals surface area contributed by atoms with Gasteiger partial charge in [0.1, 0.15) is 5.01 Å². The average Bonchev–Trinajstić information content (AvgIpc) is 2.85. The summed E-state index contributed by atoms with van der Waals surface area (Å²) < 4.78 is 0. The van der Waals surface area contributed by atoms with E-state index in [0.717, 1.165) is 16.6 Å². The van der Waals surface area contributed by atoms with Gasteiger partial charge in [0.15, 0.2) is 0 Å². The molecule has 0 spiro atoms. The molecule has 2 aromatic rings. The maximum absolute atomic E-state index is 4.15. The molecule has 5 heteroatoms. The molecule has 2 rings (SSSR count). The van der Waals surface area contributed by atoms with E-state index in [0.29, 0.717) is 0 Å². The number of thiophene rings is 1. The average molecular weight is 267 g/mol. The van der Waals surface area contributed by atoms with E-state index in [1.807, 2.05) is 11.3 Å². The van der Waals surface area contributed by atoms with Crippen LogP contribution in [0.4, 0.5) is 5.13 Å². The SMILES string of the molecule is CCc1nnc(NC(C)c2cc(C)sc2C)s1. The van der Waals surface area contributed by atoms with Gasteiger partial charge in [0.05, 0.1) is 6.04 Å². The number of anilines is 1. The molecule has 1 atom stereocenters. The van der Waals surface area contributed by atoms with Gasteiger partial charge in [0.2, 0.25) is 5.13 Å². The van der Waals surface area contributed by atoms with Gasteiger partial charge in [-0.2, -0.15) is 0 Å². The zero-order chi connectivity index (χ0) is 12.4. The Morgan fingerprint density at radius 3 is 2.59 bits per heavy atom. The zero-order valence-electron chi connectivity index (χ0n) is 10.6. The second-order valence-corrected chi connectivity index (χ2v) is 6.61. The van der Waals surface area contributed by atoms with E-state index in [1.165, 1.54) is 15.3 Å². The molecule has 17 heavy (non-hydrogen) atoms. The standard InChI is InChI=1S/C12H17N3S2/c1-5-11-14-15-12(17-11)13-8(3)10-6-7(2)16-9(10)4/h6,8H,5H2,1-4H3,(H,13,15). The third-order valence-electron chi connectivity index (χ3n) is 2.66. The van der Waals surface area contributed by atoms with Crippen LogP contribution in [-0.2, 0) is 6.42 Å². The number of rotatable bonds is 4. The number of hydrogen-bond acceptors (Lipinski definition) is 5. The highest BCUT2D eigenvalue weighted by Gasteiger charge is 2.13. The van der Waals surface area contributed by atoms with Crippen LogP contribution in [-0.4, -0.2) is 10.2 Å². The van der Waals surface area contributed by atoms with Gasteiger partial charge in [0, 0.05) is 9.75 Å². The molecule has 92 valence electrons. The molecule has 0 aliphatic carbocycles. The Kier molecular flexibility index (Phi) is 3.79. The smallest absolute Gasteiger partial charge is 0.206 e. The molecule has 0 radical (unpaired) electrons. The number of nitrogens with one attached hydrogen (secondary N) is 1. The molecule has 0 fully saturated rings. The summed E-state index contributed by atoms with van der Waals surface area (Å²) in [6, 6.07) is 2.54. The van der Waals surface area contributed by atoms with E-state index in [9.17, 15) is 0 Å². The molecule has 0 aromatic carbocycles. The van der Waals surface area contributed by atoms with Gasteiger partial charge in [0.25, 0.3) is 0 Å². The van der Waals surface area contributed by atoms with E-state index in [4.69, 9.17) is 0 Å². The van der Waals surface area contributed by atoms with Crippen molar-refractivity contribution in [1.29, 1.82) is 0 Å². The van der Waals surface area contributed by atoms with Gasteiger partial charge < -0.3 is 5.32 Å². The Hall–Kier alpha value is -0.940. The fourth-order valence-electron chi connectivity index (χ4n) is 1.80. The molecule has 3 nitrogen and oxygen atoms in total. The van der Waals surface area contributed by atoms with Crippen LogP contribution in [0.15, 0.2) is 6.07 Å². The minimum absolute atomic E-state index is 0.289. The highest BCUT2D eigenvalue weighted by atomic mass is 32.1. The minimum Gasteiger partial charge on any atom is -0.354 e. The third kappa shape index (κ3) is 2.84. The van der Waals surface area contributed by atoms with Crippen molar-refractivity contribution in [2.24, 2.45) is 0 Å². The Balaban J connectivity index is 2.11. The van der Waals surface area contributed by atoms with Gasteiger partial charge in [-0.05, 0) is 38.8 Å².